The third-order valence-corrected chi connectivity index (χ3v) is 7.28. The van der Waals surface area contributed by atoms with Crippen LogP contribution >= 0.6 is 35.4 Å². The van der Waals surface area contributed by atoms with Crippen molar-refractivity contribution >= 4 is 70.1 Å². The number of para-hydroxylation sites is 1. The maximum atomic E-state index is 12.2. The smallest absolute Gasteiger partial charge is 0.303 e. The second-order valence-corrected chi connectivity index (χ2v) is 12.0. The summed E-state index contributed by atoms with van der Waals surface area (Å²) in [5.74, 6) is -3.87. The number of nitrogens with one attached hydrogen (secondary N) is 2. The quantitative estimate of drug-likeness (QED) is 0.208. The molecule has 2 N–H and O–H groups in total. The van der Waals surface area contributed by atoms with Gasteiger partial charge >= 0.3 is 23.9 Å². The summed E-state index contributed by atoms with van der Waals surface area (Å²) in [6.07, 6.45) is -6.78. The first-order valence-corrected chi connectivity index (χ1v) is 14.9. The summed E-state index contributed by atoms with van der Waals surface area (Å²) in [5.41, 5.74) is -0.793. The Kier molecular flexibility index (Phi) is 12.8. The van der Waals surface area contributed by atoms with Gasteiger partial charge in [-0.25, -0.2) is 0 Å². The summed E-state index contributed by atoms with van der Waals surface area (Å²) in [5, 5.41) is 6.85. The molecule has 2 aliphatic rings. The molecule has 0 radical (unpaired) electrons. The van der Waals surface area contributed by atoms with Gasteiger partial charge in [-0.3, -0.25) is 19.2 Å². The second-order valence-electron chi connectivity index (χ2n) is 10.8. The highest BCUT2D eigenvalue weighted by atomic mass is 35.5. The van der Waals surface area contributed by atoms with Crippen LogP contribution in [0.5, 0.6) is 0 Å². The lowest BCUT2D eigenvalue weighted by atomic mass is 9.97. The Hall–Kier alpha value is -2.79. The number of benzene rings is 1. The molecule has 0 saturated carbocycles. The zero-order chi connectivity index (χ0) is 33.5. The van der Waals surface area contributed by atoms with Crippen LogP contribution in [0.2, 0.25) is 10.0 Å². The predicted molar refractivity (Wildman–Crippen MR) is 162 cm³/mol. The van der Waals surface area contributed by atoms with Crippen LogP contribution in [0.4, 0.5) is 5.69 Å². The molecule has 2 aliphatic heterocycles. The van der Waals surface area contributed by atoms with E-state index in [9.17, 15) is 19.2 Å². The molecule has 2 fully saturated rings. The lowest BCUT2D eigenvalue weighted by molar-refractivity contribution is -0.321. The Bertz CT molecular complexity index is 1250. The highest BCUT2D eigenvalue weighted by molar-refractivity contribution is 7.80. The van der Waals surface area contributed by atoms with Crippen molar-refractivity contribution in [1.82, 2.24) is 5.32 Å². The highest BCUT2D eigenvalue weighted by Gasteiger charge is 2.53. The zero-order valence-corrected chi connectivity index (χ0v) is 27.8. The van der Waals surface area contributed by atoms with Gasteiger partial charge in [0.05, 0.1) is 35.6 Å². The molecule has 3 rings (SSSR count). The van der Waals surface area contributed by atoms with Gasteiger partial charge in [-0.1, -0.05) is 29.3 Å². The summed E-state index contributed by atoms with van der Waals surface area (Å²) in [6, 6.07) is 4.95. The SMILES string of the molecule is CC(=O)OC[C@H]1O[C@@H](OCC2(NC(=S)Nc3c(Cl)cccc3Cl)COC(C)(C)OC2)[C@H](OC(C)=O)[C@@H](OC(C)=O)[C@H]1OC(C)=O. The van der Waals surface area contributed by atoms with Gasteiger partial charge in [-0.05, 0) is 38.2 Å². The number of halogens is 2. The maximum absolute atomic E-state index is 12.2. The molecule has 0 aromatic heterocycles. The summed E-state index contributed by atoms with van der Waals surface area (Å²) >= 11 is 18.1. The first-order valence-electron chi connectivity index (χ1n) is 13.7. The molecule has 14 nitrogen and oxygen atoms in total. The van der Waals surface area contributed by atoms with E-state index in [0.717, 1.165) is 20.8 Å². The normalized spacial score (nSPS) is 25.3. The van der Waals surface area contributed by atoms with Crippen LogP contribution in [0, 0.1) is 0 Å². The van der Waals surface area contributed by atoms with Crippen molar-refractivity contribution in [1.29, 1.82) is 0 Å². The number of hydrogen-bond acceptors (Lipinski definition) is 13. The molecule has 2 heterocycles. The number of esters is 4. The van der Waals surface area contributed by atoms with Crippen LogP contribution in [0.15, 0.2) is 18.2 Å². The van der Waals surface area contributed by atoms with Crippen LogP contribution < -0.4 is 10.6 Å². The Labute approximate surface area is 275 Å². The van der Waals surface area contributed by atoms with Crippen molar-refractivity contribution in [2.45, 2.75) is 83.6 Å². The topological polar surface area (TPSA) is 166 Å². The summed E-state index contributed by atoms with van der Waals surface area (Å²) in [4.78, 5) is 47.9. The molecule has 17 heteroatoms. The van der Waals surface area contributed by atoms with Gasteiger partial charge in [0.2, 0.25) is 0 Å². The molecule has 45 heavy (non-hydrogen) atoms. The van der Waals surface area contributed by atoms with Gasteiger partial charge in [0.25, 0.3) is 0 Å². The maximum Gasteiger partial charge on any atom is 0.303 e. The number of rotatable bonds is 10. The van der Waals surface area contributed by atoms with Crippen LogP contribution in [-0.2, 0) is 57.1 Å². The van der Waals surface area contributed by atoms with Crippen LogP contribution in [0.1, 0.15) is 41.5 Å². The lowest BCUT2D eigenvalue weighted by Crippen LogP contribution is -2.66. The monoisotopic (exact) mass is 694 g/mol. The third kappa shape index (κ3) is 10.6. The Morgan fingerprint density at radius 3 is 1.96 bits per heavy atom. The van der Waals surface area contributed by atoms with Gasteiger partial charge in [0.1, 0.15) is 18.2 Å². The van der Waals surface area contributed by atoms with E-state index < -0.39 is 72.5 Å². The average Bonchev–Trinajstić information content (AvgIpc) is 2.92. The van der Waals surface area contributed by atoms with Crippen molar-refractivity contribution in [2.75, 3.05) is 31.7 Å². The van der Waals surface area contributed by atoms with Gasteiger partial charge in [-0.15, -0.1) is 0 Å². The van der Waals surface area contributed by atoms with Crippen LogP contribution in [0.25, 0.3) is 0 Å². The molecular formula is C28H36Cl2N2O12S. The molecule has 2 saturated heterocycles. The number of ether oxygens (including phenoxy) is 8. The van der Waals surface area contributed by atoms with Crippen molar-refractivity contribution in [3.05, 3.63) is 28.2 Å². The first kappa shape index (κ1) is 36.7. The van der Waals surface area contributed by atoms with E-state index in [2.05, 4.69) is 10.6 Å². The lowest BCUT2D eigenvalue weighted by Gasteiger charge is -2.47. The second kappa shape index (κ2) is 15.7. The molecular weight excluding hydrogens is 659 g/mol. The van der Waals surface area contributed by atoms with Gasteiger partial charge in [0.15, 0.2) is 35.5 Å². The summed E-state index contributed by atoms with van der Waals surface area (Å²) in [6.45, 7) is 7.41. The molecule has 250 valence electrons. The third-order valence-electron chi connectivity index (χ3n) is 6.44. The number of anilines is 1. The van der Waals surface area contributed by atoms with E-state index in [1.54, 1.807) is 32.0 Å². The first-order chi connectivity index (χ1) is 21.0. The van der Waals surface area contributed by atoms with Gasteiger partial charge in [0, 0.05) is 27.7 Å². The van der Waals surface area contributed by atoms with E-state index in [0.29, 0.717) is 15.7 Å². The predicted octanol–water partition coefficient (Wildman–Crippen LogP) is 2.90. The average molecular weight is 696 g/mol. The minimum atomic E-state index is -1.43. The van der Waals surface area contributed by atoms with Crippen molar-refractivity contribution in [3.8, 4) is 0 Å². The number of hydrogen-bond donors (Lipinski definition) is 2. The molecule has 1 aromatic carbocycles. The fraction of sp³-hybridized carbons (Fsp3) is 0.607. The summed E-state index contributed by atoms with van der Waals surface area (Å²) < 4.78 is 45.5. The highest BCUT2D eigenvalue weighted by Crippen LogP contribution is 2.33. The number of carbonyl (C=O) groups is 4. The van der Waals surface area contributed by atoms with E-state index >= 15 is 0 Å². The molecule has 5 atom stereocenters. The van der Waals surface area contributed by atoms with E-state index in [1.165, 1.54) is 6.92 Å². The number of carbonyl (C=O) groups excluding carboxylic acids is 4. The van der Waals surface area contributed by atoms with E-state index in [-0.39, 0.29) is 24.9 Å². The van der Waals surface area contributed by atoms with Crippen LogP contribution in [0.3, 0.4) is 0 Å². The zero-order valence-electron chi connectivity index (χ0n) is 25.5. The van der Waals surface area contributed by atoms with Crippen molar-refractivity contribution < 1.29 is 57.1 Å². The van der Waals surface area contributed by atoms with E-state index in [4.69, 9.17) is 73.3 Å². The van der Waals surface area contributed by atoms with Crippen molar-refractivity contribution in [2.24, 2.45) is 0 Å². The molecule has 1 aromatic rings. The van der Waals surface area contributed by atoms with Crippen molar-refractivity contribution in [3.63, 3.8) is 0 Å². The Morgan fingerprint density at radius 2 is 1.42 bits per heavy atom. The van der Waals surface area contributed by atoms with Gasteiger partial charge in [-0.2, -0.15) is 0 Å². The number of thiocarbonyl (C=S) groups is 1. The van der Waals surface area contributed by atoms with E-state index in [1.807, 2.05) is 0 Å². The van der Waals surface area contributed by atoms with Gasteiger partial charge < -0.3 is 48.5 Å². The Morgan fingerprint density at radius 1 is 0.889 bits per heavy atom. The summed E-state index contributed by atoms with van der Waals surface area (Å²) in [7, 11) is 0. The largest absolute Gasteiger partial charge is 0.463 e. The molecule has 0 spiro atoms. The minimum Gasteiger partial charge on any atom is -0.463 e. The Balaban J connectivity index is 1.92. The molecule has 0 amide bonds. The standard InChI is InChI=1S/C28H36Cl2N2O12S/c1-14(33)37-10-20-22(41-15(2)34)23(42-16(3)35)24(43-17(4)36)25(44-20)38-11-28(12-39-27(5,6)40-13-28)32-26(45)31-21-18(29)8-7-9-19(21)30/h7-9,20,22-25H,10-13H2,1-6H3,(H2,31,32,45)/t20-,22+,23+,24-,25-/m1/s1. The fourth-order valence-corrected chi connectivity index (χ4v) is 5.28. The van der Waals surface area contributed by atoms with Crippen LogP contribution in [-0.4, -0.2) is 97.4 Å². The fourth-order valence-electron chi connectivity index (χ4n) is 4.47. The molecule has 0 unspecified atom stereocenters. The molecule has 0 bridgehead atoms. The molecule has 0 aliphatic carbocycles. The minimum absolute atomic E-state index is 0.0172.